The number of rotatable bonds is 2. The van der Waals surface area contributed by atoms with Crippen LogP contribution in [0.25, 0.3) is 0 Å². The van der Waals surface area contributed by atoms with Gasteiger partial charge in [0.2, 0.25) is 5.91 Å². The molecule has 1 spiro atoms. The summed E-state index contributed by atoms with van der Waals surface area (Å²) in [6, 6.07) is 8.32. The third-order valence-electron chi connectivity index (χ3n) is 5.70. The van der Waals surface area contributed by atoms with Crippen molar-refractivity contribution in [2.45, 2.75) is 50.0 Å². The van der Waals surface area contributed by atoms with E-state index >= 15 is 0 Å². The van der Waals surface area contributed by atoms with Crippen molar-refractivity contribution in [3.8, 4) is 5.75 Å². The van der Waals surface area contributed by atoms with Crippen LogP contribution >= 0.6 is 0 Å². The molecule has 0 saturated carbocycles. The lowest BCUT2D eigenvalue weighted by molar-refractivity contribution is -0.131. The van der Waals surface area contributed by atoms with Crippen LogP contribution in [-0.4, -0.2) is 42.6 Å². The van der Waals surface area contributed by atoms with E-state index in [1.807, 2.05) is 11.0 Å². The van der Waals surface area contributed by atoms with Crippen LogP contribution in [0.5, 0.6) is 5.75 Å². The molecule has 0 radical (unpaired) electrons. The Bertz CT molecular complexity index is 574. The van der Waals surface area contributed by atoms with Crippen molar-refractivity contribution >= 4 is 5.91 Å². The quantitative estimate of drug-likeness (QED) is 0.912. The second-order valence-electron chi connectivity index (χ2n) is 7.27. The summed E-state index contributed by atoms with van der Waals surface area (Å²) >= 11 is 0. The SMILES string of the molecule is O=C(CC1CC2(CCNCC2)Oc2ccccc21)N1CCCC1. The number of para-hydroxylation sites is 1. The first-order chi connectivity index (χ1) is 11.3. The fourth-order valence-electron chi connectivity index (χ4n) is 4.42. The highest BCUT2D eigenvalue weighted by atomic mass is 16.5. The summed E-state index contributed by atoms with van der Waals surface area (Å²) < 4.78 is 6.43. The average molecular weight is 314 g/mol. The normalized spacial score (nSPS) is 25.9. The molecule has 3 aliphatic heterocycles. The van der Waals surface area contributed by atoms with Crippen molar-refractivity contribution in [1.29, 1.82) is 0 Å². The Labute approximate surface area is 138 Å². The molecule has 124 valence electrons. The maximum atomic E-state index is 12.7. The van der Waals surface area contributed by atoms with Crippen LogP contribution < -0.4 is 10.1 Å². The third-order valence-corrected chi connectivity index (χ3v) is 5.70. The summed E-state index contributed by atoms with van der Waals surface area (Å²) in [4.78, 5) is 14.7. The summed E-state index contributed by atoms with van der Waals surface area (Å²) in [6.45, 7) is 3.90. The number of likely N-dealkylation sites (tertiary alicyclic amines) is 1. The minimum absolute atomic E-state index is 0.0738. The number of amides is 1. The van der Waals surface area contributed by atoms with Gasteiger partial charge in [0.05, 0.1) is 0 Å². The topological polar surface area (TPSA) is 41.6 Å². The molecule has 1 N–H and O–H groups in total. The summed E-state index contributed by atoms with van der Waals surface area (Å²) in [5.41, 5.74) is 1.15. The van der Waals surface area contributed by atoms with Gasteiger partial charge in [0.25, 0.3) is 0 Å². The van der Waals surface area contributed by atoms with E-state index in [2.05, 4.69) is 23.5 Å². The molecule has 1 aromatic rings. The number of nitrogens with zero attached hydrogens (tertiary/aromatic N) is 1. The molecule has 0 aliphatic carbocycles. The van der Waals surface area contributed by atoms with Gasteiger partial charge in [0.15, 0.2) is 0 Å². The molecule has 2 fully saturated rings. The predicted molar refractivity (Wildman–Crippen MR) is 89.7 cm³/mol. The molecular formula is C19H26N2O2. The van der Waals surface area contributed by atoms with Crippen molar-refractivity contribution in [1.82, 2.24) is 10.2 Å². The van der Waals surface area contributed by atoms with Gasteiger partial charge in [-0.1, -0.05) is 18.2 Å². The Balaban J connectivity index is 1.57. The molecule has 4 heteroatoms. The lowest BCUT2D eigenvalue weighted by Gasteiger charge is -2.44. The number of ether oxygens (including phenoxy) is 1. The first-order valence-corrected chi connectivity index (χ1v) is 9.02. The monoisotopic (exact) mass is 314 g/mol. The zero-order valence-electron chi connectivity index (χ0n) is 13.7. The van der Waals surface area contributed by atoms with E-state index in [1.54, 1.807) is 0 Å². The molecule has 3 aliphatic rings. The number of piperidine rings is 1. The number of hydrogen-bond acceptors (Lipinski definition) is 3. The van der Waals surface area contributed by atoms with Gasteiger partial charge in [-0.25, -0.2) is 0 Å². The Hall–Kier alpha value is -1.55. The number of carbonyl (C=O) groups excluding carboxylic acids is 1. The predicted octanol–water partition coefficient (Wildman–Crippen LogP) is 2.69. The van der Waals surface area contributed by atoms with Crippen LogP contribution in [0.1, 0.15) is 50.0 Å². The Morgan fingerprint density at radius 3 is 2.74 bits per heavy atom. The van der Waals surface area contributed by atoms with Crippen LogP contribution in [-0.2, 0) is 4.79 Å². The third kappa shape index (κ3) is 2.97. The Kier molecular flexibility index (Phi) is 4.02. The second kappa shape index (κ2) is 6.16. The number of fused-ring (bicyclic) bond motifs is 1. The standard InChI is InChI=1S/C19H26N2O2/c22-18(21-11-3-4-12-21)13-15-14-19(7-9-20-10-8-19)23-17-6-2-1-5-16(15)17/h1-2,5-6,15,20H,3-4,7-14H2. The lowest BCUT2D eigenvalue weighted by Crippen LogP contribution is -2.49. The molecular weight excluding hydrogens is 288 g/mol. The number of carbonyl (C=O) groups is 1. The maximum Gasteiger partial charge on any atom is 0.223 e. The minimum Gasteiger partial charge on any atom is -0.487 e. The first kappa shape index (κ1) is 15.0. The fraction of sp³-hybridized carbons (Fsp3) is 0.632. The molecule has 3 heterocycles. The Morgan fingerprint density at radius 2 is 1.96 bits per heavy atom. The van der Waals surface area contributed by atoms with Crippen LogP contribution in [0, 0.1) is 0 Å². The van der Waals surface area contributed by atoms with Crippen molar-refractivity contribution in [3.63, 3.8) is 0 Å². The Morgan fingerprint density at radius 1 is 1.22 bits per heavy atom. The van der Waals surface area contributed by atoms with E-state index in [-0.39, 0.29) is 5.60 Å². The highest BCUT2D eigenvalue weighted by Gasteiger charge is 2.42. The number of hydrogen-bond donors (Lipinski definition) is 1. The zero-order valence-corrected chi connectivity index (χ0v) is 13.7. The lowest BCUT2D eigenvalue weighted by atomic mass is 9.76. The van der Waals surface area contributed by atoms with E-state index in [4.69, 9.17) is 4.74 Å². The van der Waals surface area contributed by atoms with Gasteiger partial charge >= 0.3 is 0 Å². The van der Waals surface area contributed by atoms with E-state index in [0.717, 1.165) is 64.0 Å². The molecule has 1 aromatic carbocycles. The first-order valence-electron chi connectivity index (χ1n) is 9.02. The van der Waals surface area contributed by atoms with Crippen molar-refractivity contribution in [2.24, 2.45) is 0 Å². The summed E-state index contributed by atoms with van der Waals surface area (Å²) in [5, 5.41) is 3.43. The maximum absolute atomic E-state index is 12.7. The summed E-state index contributed by atoms with van der Waals surface area (Å²) in [5.74, 6) is 1.62. The summed E-state index contributed by atoms with van der Waals surface area (Å²) in [6.07, 6.45) is 6.00. The van der Waals surface area contributed by atoms with Crippen LogP contribution in [0.4, 0.5) is 0 Å². The van der Waals surface area contributed by atoms with Gasteiger partial charge in [0, 0.05) is 25.4 Å². The van der Waals surface area contributed by atoms with Crippen LogP contribution in [0.2, 0.25) is 0 Å². The molecule has 1 atom stereocenters. The van der Waals surface area contributed by atoms with E-state index in [0.29, 0.717) is 18.2 Å². The van der Waals surface area contributed by atoms with Crippen molar-refractivity contribution in [3.05, 3.63) is 29.8 Å². The summed E-state index contributed by atoms with van der Waals surface area (Å²) in [7, 11) is 0. The van der Waals surface area contributed by atoms with Crippen LogP contribution in [0.3, 0.4) is 0 Å². The zero-order chi connectivity index (χ0) is 15.7. The molecule has 4 nitrogen and oxygen atoms in total. The van der Waals surface area contributed by atoms with E-state index in [1.165, 1.54) is 5.56 Å². The average Bonchev–Trinajstić information content (AvgIpc) is 3.10. The van der Waals surface area contributed by atoms with Gasteiger partial charge in [-0.05, 0) is 56.8 Å². The van der Waals surface area contributed by atoms with Gasteiger partial charge in [-0.3, -0.25) is 4.79 Å². The smallest absolute Gasteiger partial charge is 0.223 e. The van der Waals surface area contributed by atoms with Crippen LogP contribution in [0.15, 0.2) is 24.3 Å². The fourth-order valence-corrected chi connectivity index (χ4v) is 4.42. The molecule has 0 bridgehead atoms. The molecule has 0 aromatic heterocycles. The second-order valence-corrected chi connectivity index (χ2v) is 7.27. The minimum atomic E-state index is -0.0738. The van der Waals surface area contributed by atoms with Gasteiger partial charge in [-0.2, -0.15) is 0 Å². The van der Waals surface area contributed by atoms with Gasteiger partial charge in [-0.15, -0.1) is 0 Å². The molecule has 23 heavy (non-hydrogen) atoms. The highest BCUT2D eigenvalue weighted by molar-refractivity contribution is 5.77. The molecule has 2 saturated heterocycles. The van der Waals surface area contributed by atoms with Gasteiger partial charge in [0.1, 0.15) is 11.4 Å². The molecule has 1 amide bonds. The molecule has 1 unspecified atom stereocenters. The highest BCUT2D eigenvalue weighted by Crippen LogP contribution is 2.46. The molecule has 4 rings (SSSR count). The van der Waals surface area contributed by atoms with Crippen molar-refractivity contribution in [2.75, 3.05) is 26.2 Å². The largest absolute Gasteiger partial charge is 0.487 e. The number of nitrogens with one attached hydrogen (secondary N) is 1. The number of benzene rings is 1. The van der Waals surface area contributed by atoms with Crippen molar-refractivity contribution < 1.29 is 9.53 Å². The van der Waals surface area contributed by atoms with E-state index in [9.17, 15) is 4.79 Å². The van der Waals surface area contributed by atoms with Gasteiger partial charge < -0.3 is 15.0 Å². The van der Waals surface area contributed by atoms with E-state index < -0.39 is 0 Å².